The van der Waals surface area contributed by atoms with Gasteiger partial charge in [0.2, 0.25) is 10.0 Å². The summed E-state index contributed by atoms with van der Waals surface area (Å²) in [6.07, 6.45) is 0. The molecular weight excluding hydrogens is 304 g/mol. The van der Waals surface area contributed by atoms with Crippen LogP contribution in [0.1, 0.15) is 24.2 Å². The highest BCUT2D eigenvalue weighted by Crippen LogP contribution is 2.12. The minimum absolute atomic E-state index is 0.0923. The highest BCUT2D eigenvalue weighted by atomic mass is 32.2. The van der Waals surface area contributed by atoms with Crippen molar-refractivity contribution in [2.45, 2.75) is 24.8 Å². The van der Waals surface area contributed by atoms with E-state index in [1.54, 1.807) is 12.1 Å². The van der Waals surface area contributed by atoms with Crippen molar-refractivity contribution in [2.24, 2.45) is 0 Å². The molecular formula is C15H22N2O4S. The molecule has 0 radical (unpaired) electrons. The molecule has 0 amide bonds. The second-order valence-electron chi connectivity index (χ2n) is 5.43. The molecule has 1 aliphatic heterocycles. The molecule has 0 unspecified atom stereocenters. The van der Waals surface area contributed by atoms with Crippen LogP contribution in [0, 0.1) is 0 Å². The molecule has 6 nitrogen and oxygen atoms in total. The van der Waals surface area contributed by atoms with E-state index in [9.17, 15) is 13.2 Å². The van der Waals surface area contributed by atoms with Crippen LogP contribution >= 0.6 is 0 Å². The average molecular weight is 326 g/mol. The van der Waals surface area contributed by atoms with E-state index in [1.807, 2.05) is 6.92 Å². The molecule has 0 saturated carbocycles. The molecule has 1 fully saturated rings. The van der Waals surface area contributed by atoms with Gasteiger partial charge in [0.15, 0.2) is 5.78 Å². The normalized spacial score (nSPS) is 18.1. The monoisotopic (exact) mass is 326 g/mol. The lowest BCUT2D eigenvalue weighted by Crippen LogP contribution is -2.47. The van der Waals surface area contributed by atoms with Crippen molar-refractivity contribution in [3.05, 3.63) is 29.8 Å². The van der Waals surface area contributed by atoms with Gasteiger partial charge in [-0.25, -0.2) is 13.1 Å². The number of ketones is 1. The number of morpholine rings is 1. The molecule has 1 N–H and O–H groups in total. The fraction of sp³-hybridized carbons (Fsp3) is 0.533. The van der Waals surface area contributed by atoms with Crippen molar-refractivity contribution in [1.82, 2.24) is 9.62 Å². The van der Waals surface area contributed by atoms with Crippen molar-refractivity contribution in [3.8, 4) is 0 Å². The standard InChI is InChI=1S/C15H22N2O4S/c1-12(17-6-8-21-9-7-17)11-16-22(19,20)15-5-3-4-14(10-15)13(2)18/h3-5,10,12,16H,6-9,11H2,1-2H3/t12-/m1/s1. The molecule has 1 atom stereocenters. The fourth-order valence-corrected chi connectivity index (χ4v) is 3.51. The summed E-state index contributed by atoms with van der Waals surface area (Å²) >= 11 is 0. The van der Waals surface area contributed by atoms with Crippen LogP contribution in [0.15, 0.2) is 29.2 Å². The van der Waals surface area contributed by atoms with Gasteiger partial charge >= 0.3 is 0 Å². The molecule has 1 heterocycles. The molecule has 1 aromatic rings. The summed E-state index contributed by atoms with van der Waals surface area (Å²) in [7, 11) is -3.61. The number of nitrogens with zero attached hydrogens (tertiary/aromatic N) is 1. The quantitative estimate of drug-likeness (QED) is 0.786. The van der Waals surface area contributed by atoms with Crippen molar-refractivity contribution in [1.29, 1.82) is 0 Å². The van der Waals surface area contributed by atoms with Crippen LogP contribution in [0.2, 0.25) is 0 Å². The smallest absolute Gasteiger partial charge is 0.240 e. The van der Waals surface area contributed by atoms with Gasteiger partial charge in [0, 0.05) is 31.2 Å². The third-order valence-electron chi connectivity index (χ3n) is 3.79. The first-order valence-corrected chi connectivity index (χ1v) is 8.81. The van der Waals surface area contributed by atoms with Crippen LogP contribution in [0.4, 0.5) is 0 Å². The van der Waals surface area contributed by atoms with E-state index in [1.165, 1.54) is 19.1 Å². The minimum atomic E-state index is -3.61. The fourth-order valence-electron chi connectivity index (χ4n) is 2.34. The first-order chi connectivity index (χ1) is 10.4. The second-order valence-corrected chi connectivity index (χ2v) is 7.20. The van der Waals surface area contributed by atoms with Gasteiger partial charge in [0.1, 0.15) is 0 Å². The van der Waals surface area contributed by atoms with E-state index in [4.69, 9.17) is 4.74 Å². The summed E-state index contributed by atoms with van der Waals surface area (Å²) in [5.41, 5.74) is 0.393. The van der Waals surface area contributed by atoms with Gasteiger partial charge < -0.3 is 4.74 Å². The molecule has 0 spiro atoms. The lowest BCUT2D eigenvalue weighted by atomic mass is 10.2. The Balaban J connectivity index is 2.01. The highest BCUT2D eigenvalue weighted by molar-refractivity contribution is 7.89. The number of Topliss-reactive ketones (excluding diaryl/α,β-unsaturated/α-hetero) is 1. The van der Waals surface area contributed by atoms with Crippen LogP contribution in [0.3, 0.4) is 0 Å². The number of carbonyl (C=O) groups excluding carboxylic acids is 1. The van der Waals surface area contributed by atoms with Crippen LogP contribution in [-0.4, -0.2) is 58.0 Å². The number of rotatable bonds is 6. The van der Waals surface area contributed by atoms with Crippen LogP contribution in [0.25, 0.3) is 0 Å². The number of carbonyl (C=O) groups is 1. The summed E-state index contributed by atoms with van der Waals surface area (Å²) in [6.45, 7) is 6.70. The summed E-state index contributed by atoms with van der Waals surface area (Å²) in [4.78, 5) is 13.7. The molecule has 1 saturated heterocycles. The number of hydrogen-bond acceptors (Lipinski definition) is 5. The number of sulfonamides is 1. The first kappa shape index (κ1) is 17.1. The van der Waals surface area contributed by atoms with E-state index >= 15 is 0 Å². The second kappa shape index (κ2) is 7.32. The summed E-state index contributed by atoms with van der Waals surface area (Å²) < 4.78 is 32.6. The van der Waals surface area contributed by atoms with E-state index in [0.29, 0.717) is 25.3 Å². The van der Waals surface area contributed by atoms with Gasteiger partial charge in [-0.1, -0.05) is 12.1 Å². The molecule has 7 heteroatoms. The zero-order valence-electron chi connectivity index (χ0n) is 12.9. The molecule has 0 aliphatic carbocycles. The Labute approximate surface area is 131 Å². The zero-order valence-corrected chi connectivity index (χ0v) is 13.7. The Morgan fingerprint density at radius 3 is 2.68 bits per heavy atom. The predicted molar refractivity (Wildman–Crippen MR) is 83.5 cm³/mol. The minimum Gasteiger partial charge on any atom is -0.379 e. The molecule has 2 rings (SSSR count). The Morgan fingerprint density at radius 2 is 2.05 bits per heavy atom. The molecule has 1 aromatic carbocycles. The molecule has 0 bridgehead atoms. The largest absolute Gasteiger partial charge is 0.379 e. The average Bonchev–Trinajstić information content (AvgIpc) is 2.53. The van der Waals surface area contributed by atoms with Crippen molar-refractivity contribution in [3.63, 3.8) is 0 Å². The van der Waals surface area contributed by atoms with Gasteiger partial charge in [-0.05, 0) is 26.0 Å². The van der Waals surface area contributed by atoms with Gasteiger partial charge in [0.05, 0.1) is 18.1 Å². The Kier molecular flexibility index (Phi) is 5.69. The SMILES string of the molecule is CC(=O)c1cccc(S(=O)(=O)NC[C@@H](C)N2CCOCC2)c1. The van der Waals surface area contributed by atoms with Crippen LogP contribution in [-0.2, 0) is 14.8 Å². The van der Waals surface area contributed by atoms with Crippen LogP contribution in [0.5, 0.6) is 0 Å². The van der Waals surface area contributed by atoms with Gasteiger partial charge in [-0.15, -0.1) is 0 Å². The lowest BCUT2D eigenvalue weighted by molar-refractivity contribution is 0.0213. The summed E-state index contributed by atoms with van der Waals surface area (Å²) in [5.74, 6) is -0.154. The Bertz CT molecular complexity index is 624. The van der Waals surface area contributed by atoms with E-state index in [0.717, 1.165) is 13.1 Å². The molecule has 1 aliphatic rings. The number of hydrogen-bond donors (Lipinski definition) is 1. The molecule has 22 heavy (non-hydrogen) atoms. The third kappa shape index (κ3) is 4.36. The van der Waals surface area contributed by atoms with Crippen LogP contribution < -0.4 is 4.72 Å². The van der Waals surface area contributed by atoms with Gasteiger partial charge in [-0.3, -0.25) is 9.69 Å². The zero-order chi connectivity index (χ0) is 16.2. The maximum absolute atomic E-state index is 12.3. The maximum atomic E-state index is 12.3. The van der Waals surface area contributed by atoms with E-state index in [-0.39, 0.29) is 16.7 Å². The lowest BCUT2D eigenvalue weighted by Gasteiger charge is -2.32. The van der Waals surface area contributed by atoms with Crippen molar-refractivity contribution >= 4 is 15.8 Å². The summed E-state index contributed by atoms with van der Waals surface area (Å²) in [5, 5.41) is 0. The van der Waals surface area contributed by atoms with E-state index < -0.39 is 10.0 Å². The first-order valence-electron chi connectivity index (χ1n) is 7.32. The number of benzene rings is 1. The molecule has 122 valence electrons. The highest BCUT2D eigenvalue weighted by Gasteiger charge is 2.20. The molecule has 0 aromatic heterocycles. The Morgan fingerprint density at radius 1 is 1.36 bits per heavy atom. The number of nitrogens with one attached hydrogen (secondary N) is 1. The van der Waals surface area contributed by atoms with Crippen molar-refractivity contribution in [2.75, 3.05) is 32.8 Å². The van der Waals surface area contributed by atoms with Gasteiger partial charge in [-0.2, -0.15) is 0 Å². The maximum Gasteiger partial charge on any atom is 0.240 e. The van der Waals surface area contributed by atoms with Crippen molar-refractivity contribution < 1.29 is 17.9 Å². The predicted octanol–water partition coefficient (Wildman–Crippen LogP) is 0.888. The van der Waals surface area contributed by atoms with E-state index in [2.05, 4.69) is 9.62 Å². The van der Waals surface area contributed by atoms with Gasteiger partial charge in [0.25, 0.3) is 0 Å². The topological polar surface area (TPSA) is 75.7 Å². The Hall–Kier alpha value is -1.28. The summed E-state index contributed by atoms with van der Waals surface area (Å²) in [6, 6.07) is 6.18. The third-order valence-corrected chi connectivity index (χ3v) is 5.21. The number of ether oxygens (including phenoxy) is 1.